The van der Waals surface area contributed by atoms with Crippen LogP contribution in [0.4, 0.5) is 20.3 Å². The zero-order chi connectivity index (χ0) is 30.4. The Morgan fingerprint density at radius 2 is 1.82 bits per heavy atom. The Kier molecular flexibility index (Phi) is 8.20. The first-order valence-electron chi connectivity index (χ1n) is 16.6. The third-order valence-corrected chi connectivity index (χ3v) is 10.7. The van der Waals surface area contributed by atoms with Gasteiger partial charge in [-0.05, 0) is 106 Å². The number of aromatic nitrogens is 4. The molecule has 1 aliphatic carbocycles. The Morgan fingerprint density at radius 1 is 1.05 bits per heavy atom. The number of benzene rings is 1. The first-order valence-corrected chi connectivity index (χ1v) is 16.6. The van der Waals surface area contributed by atoms with Gasteiger partial charge in [-0.2, -0.15) is 10.2 Å². The summed E-state index contributed by atoms with van der Waals surface area (Å²) >= 11 is 0. The van der Waals surface area contributed by atoms with Gasteiger partial charge >= 0.3 is 0 Å². The van der Waals surface area contributed by atoms with Gasteiger partial charge in [0.05, 0.1) is 18.8 Å². The van der Waals surface area contributed by atoms with Crippen molar-refractivity contribution in [2.24, 2.45) is 18.9 Å². The number of alkyl halides is 2. The van der Waals surface area contributed by atoms with Gasteiger partial charge in [-0.25, -0.2) is 8.78 Å². The lowest BCUT2D eigenvalue weighted by Crippen LogP contribution is -2.36. The van der Waals surface area contributed by atoms with E-state index in [9.17, 15) is 13.6 Å². The second-order valence-corrected chi connectivity index (χ2v) is 13.5. The quantitative estimate of drug-likeness (QED) is 0.356. The Bertz CT molecular complexity index is 1500. The monoisotopic (exact) mass is 605 g/mol. The van der Waals surface area contributed by atoms with Crippen LogP contribution >= 0.6 is 0 Å². The van der Waals surface area contributed by atoms with Crippen LogP contribution in [0.25, 0.3) is 11.1 Å². The molecule has 0 atom stereocenters. The van der Waals surface area contributed by atoms with Gasteiger partial charge in [-0.3, -0.25) is 14.2 Å². The van der Waals surface area contributed by atoms with Crippen LogP contribution in [0.1, 0.15) is 93.1 Å². The predicted octanol–water partition coefficient (Wildman–Crippen LogP) is 6.33. The van der Waals surface area contributed by atoms with Crippen molar-refractivity contribution in [1.82, 2.24) is 29.8 Å². The van der Waals surface area contributed by atoms with E-state index in [0.717, 1.165) is 79.7 Å². The van der Waals surface area contributed by atoms with Crippen LogP contribution in [0.3, 0.4) is 0 Å². The summed E-state index contributed by atoms with van der Waals surface area (Å²) in [5.41, 5.74) is 5.47. The number of amides is 1. The number of carbonyl (C=O) groups excluding carboxylic acids is 1. The smallest absolute Gasteiger partial charge is 0.264 e. The number of rotatable bonds is 6. The van der Waals surface area contributed by atoms with Gasteiger partial charge in [-0.1, -0.05) is 0 Å². The SMILES string of the molecule is CC(=O)N1CCc2c(c(N3CCCc4cc(-c5cnn(C)c5)c(C(F)F)cc43)nn2C2CCC(CC3CCNCC3)CC2)C1. The molecule has 1 aromatic carbocycles. The van der Waals surface area contributed by atoms with Gasteiger partial charge in [-0.15, -0.1) is 0 Å². The molecule has 8 nitrogen and oxygen atoms in total. The minimum atomic E-state index is -2.61. The average molecular weight is 606 g/mol. The Hall–Kier alpha value is -3.27. The third-order valence-electron chi connectivity index (χ3n) is 10.7. The van der Waals surface area contributed by atoms with Crippen molar-refractivity contribution < 1.29 is 13.6 Å². The van der Waals surface area contributed by atoms with Crippen LogP contribution in [-0.2, 0) is 31.2 Å². The highest BCUT2D eigenvalue weighted by Gasteiger charge is 2.35. The predicted molar refractivity (Wildman–Crippen MR) is 167 cm³/mol. The number of hydrogen-bond donors (Lipinski definition) is 1. The van der Waals surface area contributed by atoms with E-state index in [4.69, 9.17) is 5.10 Å². The molecule has 4 aliphatic rings. The fourth-order valence-electron chi connectivity index (χ4n) is 8.29. The largest absolute Gasteiger partial charge is 0.338 e. The number of nitrogens with zero attached hydrogens (tertiary/aromatic N) is 6. The Morgan fingerprint density at radius 3 is 2.52 bits per heavy atom. The summed E-state index contributed by atoms with van der Waals surface area (Å²) in [4.78, 5) is 16.6. The highest BCUT2D eigenvalue weighted by atomic mass is 19.3. The van der Waals surface area contributed by atoms with Crippen molar-refractivity contribution in [1.29, 1.82) is 0 Å². The summed E-state index contributed by atoms with van der Waals surface area (Å²) in [6.07, 6.45) is 12.0. The molecule has 3 aliphatic heterocycles. The number of hydrogen-bond acceptors (Lipinski definition) is 5. The van der Waals surface area contributed by atoms with Crippen LogP contribution in [-0.4, -0.2) is 56.5 Å². The van der Waals surface area contributed by atoms with E-state index in [2.05, 4.69) is 20.0 Å². The first-order chi connectivity index (χ1) is 21.4. The zero-order valence-electron chi connectivity index (χ0n) is 26.1. The summed E-state index contributed by atoms with van der Waals surface area (Å²) in [6.45, 7) is 5.87. The molecule has 1 amide bonds. The number of carbonyl (C=O) groups is 1. The summed E-state index contributed by atoms with van der Waals surface area (Å²) in [7, 11) is 1.80. The topological polar surface area (TPSA) is 71.2 Å². The summed E-state index contributed by atoms with van der Waals surface area (Å²) in [6, 6.07) is 3.97. The van der Waals surface area contributed by atoms with Gasteiger partial charge in [0.1, 0.15) is 0 Å². The molecule has 0 bridgehead atoms. The summed E-state index contributed by atoms with van der Waals surface area (Å²) in [5.74, 6) is 2.56. The van der Waals surface area contributed by atoms with E-state index in [1.165, 1.54) is 37.8 Å². The zero-order valence-corrected chi connectivity index (χ0v) is 26.1. The molecule has 44 heavy (non-hydrogen) atoms. The molecule has 0 radical (unpaired) electrons. The lowest BCUT2D eigenvalue weighted by atomic mass is 9.78. The molecule has 2 fully saturated rings. The number of fused-ring (bicyclic) bond motifs is 2. The number of piperidine rings is 1. The Labute approximate surface area is 258 Å². The van der Waals surface area contributed by atoms with Gasteiger partial charge in [0.2, 0.25) is 5.91 Å². The van der Waals surface area contributed by atoms with Crippen LogP contribution < -0.4 is 10.2 Å². The van der Waals surface area contributed by atoms with E-state index in [1.54, 1.807) is 37.1 Å². The van der Waals surface area contributed by atoms with Crippen molar-refractivity contribution in [3.05, 3.63) is 46.9 Å². The van der Waals surface area contributed by atoms with E-state index >= 15 is 0 Å². The molecule has 0 spiro atoms. The lowest BCUT2D eigenvalue weighted by Gasteiger charge is -2.34. The molecule has 1 N–H and O–H groups in total. The maximum absolute atomic E-state index is 14.5. The number of nitrogens with one attached hydrogen (secondary N) is 1. The van der Waals surface area contributed by atoms with Gasteiger partial charge in [0.25, 0.3) is 6.43 Å². The minimum Gasteiger partial charge on any atom is -0.338 e. The van der Waals surface area contributed by atoms with Crippen molar-refractivity contribution in [2.75, 3.05) is 31.1 Å². The van der Waals surface area contributed by atoms with Crippen molar-refractivity contribution in [3.8, 4) is 11.1 Å². The summed E-state index contributed by atoms with van der Waals surface area (Å²) in [5, 5.41) is 13.1. The van der Waals surface area contributed by atoms with Gasteiger partial charge in [0, 0.05) is 67.8 Å². The molecule has 1 saturated heterocycles. The van der Waals surface area contributed by atoms with Crippen LogP contribution in [0, 0.1) is 11.8 Å². The number of aryl methyl sites for hydroxylation is 2. The van der Waals surface area contributed by atoms with Crippen LogP contribution in [0.2, 0.25) is 0 Å². The van der Waals surface area contributed by atoms with Gasteiger partial charge < -0.3 is 15.1 Å². The highest BCUT2D eigenvalue weighted by Crippen LogP contribution is 2.45. The minimum absolute atomic E-state index is 0.0226. The van der Waals surface area contributed by atoms with E-state index in [0.29, 0.717) is 36.8 Å². The molecule has 10 heteroatoms. The fourth-order valence-corrected chi connectivity index (χ4v) is 8.29. The maximum atomic E-state index is 14.5. The highest BCUT2D eigenvalue weighted by molar-refractivity contribution is 5.78. The number of anilines is 2. The van der Waals surface area contributed by atoms with E-state index < -0.39 is 6.43 Å². The van der Waals surface area contributed by atoms with Crippen molar-refractivity contribution in [2.45, 2.75) is 90.1 Å². The van der Waals surface area contributed by atoms with E-state index in [1.807, 2.05) is 11.0 Å². The third kappa shape index (κ3) is 5.66. The van der Waals surface area contributed by atoms with Gasteiger partial charge in [0.15, 0.2) is 5.82 Å². The van der Waals surface area contributed by atoms with Crippen molar-refractivity contribution >= 4 is 17.4 Å². The molecule has 5 heterocycles. The van der Waals surface area contributed by atoms with Crippen molar-refractivity contribution in [3.63, 3.8) is 0 Å². The fraction of sp³-hybridized carbons (Fsp3) is 0.618. The molecule has 2 aromatic heterocycles. The molecular formula is C34H45F2N7O. The molecular weight excluding hydrogens is 560 g/mol. The number of halogens is 2. The average Bonchev–Trinajstić information content (AvgIpc) is 3.64. The molecule has 236 valence electrons. The summed E-state index contributed by atoms with van der Waals surface area (Å²) < 4.78 is 33.0. The van der Waals surface area contributed by atoms with Crippen LogP contribution in [0.5, 0.6) is 0 Å². The lowest BCUT2D eigenvalue weighted by molar-refractivity contribution is -0.129. The standard InChI is InChI=1S/C34H45F2N7O/c1-22(44)41-15-11-31-30(21-41)34(39-43(31)27-7-5-23(6-8-27)16-24-9-12-37-13-10-24)42-14-3-4-25-17-28(26-19-38-40(2)20-26)29(33(35)36)18-32(25)42/h17-20,23-24,27,33,37H,3-16,21H2,1-2H3. The Balaban J connectivity index is 1.21. The molecule has 7 rings (SSSR count). The second kappa shape index (κ2) is 12.3. The molecule has 0 unspecified atom stereocenters. The first kappa shape index (κ1) is 29.4. The molecule has 1 saturated carbocycles. The molecule has 3 aromatic rings. The maximum Gasteiger partial charge on any atom is 0.264 e. The van der Waals surface area contributed by atoms with E-state index in [-0.39, 0.29) is 11.5 Å². The second-order valence-electron chi connectivity index (χ2n) is 13.5. The normalized spacial score (nSPS) is 22.8. The van der Waals surface area contributed by atoms with Crippen LogP contribution in [0.15, 0.2) is 24.5 Å².